The molecule has 10 heteroatoms. The number of carbonyl (C=O) groups excluding carboxylic acids is 3. The molecular formula is C34H35N6O4+. The van der Waals surface area contributed by atoms with E-state index in [9.17, 15) is 14.4 Å². The minimum Gasteiger partial charge on any atom is -0.443 e. The number of nitriles is 1. The highest BCUT2D eigenvalue weighted by molar-refractivity contribution is 6.09. The Morgan fingerprint density at radius 3 is 2.66 bits per heavy atom. The number of amides is 1. The number of aromatic nitrogens is 3. The molecule has 0 N–H and O–H groups in total. The summed E-state index contributed by atoms with van der Waals surface area (Å²) in [6, 6.07) is 19.9. The van der Waals surface area contributed by atoms with E-state index in [4.69, 9.17) is 10.00 Å². The van der Waals surface area contributed by atoms with Crippen molar-refractivity contribution in [3.05, 3.63) is 89.9 Å². The molecule has 3 heterocycles. The van der Waals surface area contributed by atoms with Crippen LogP contribution in [-0.4, -0.2) is 68.0 Å². The number of ketones is 1. The van der Waals surface area contributed by atoms with Crippen molar-refractivity contribution in [2.45, 2.75) is 39.3 Å². The van der Waals surface area contributed by atoms with Crippen LogP contribution in [0.5, 0.6) is 0 Å². The third kappa shape index (κ3) is 6.57. The summed E-state index contributed by atoms with van der Waals surface area (Å²) >= 11 is 0. The highest BCUT2D eigenvalue weighted by atomic mass is 16.5. The van der Waals surface area contributed by atoms with Crippen molar-refractivity contribution in [2.75, 3.05) is 20.1 Å². The van der Waals surface area contributed by atoms with E-state index in [2.05, 4.69) is 23.1 Å². The fourth-order valence-corrected chi connectivity index (χ4v) is 5.53. The van der Waals surface area contributed by atoms with Gasteiger partial charge in [0.2, 0.25) is 12.2 Å². The zero-order chi connectivity index (χ0) is 31.2. The first-order chi connectivity index (χ1) is 21.3. The number of nitrogens with zero attached hydrogens (tertiary/aromatic N) is 6. The Kier molecular flexibility index (Phi) is 9.24. The number of rotatable bonds is 9. The maximum absolute atomic E-state index is 13.1. The second kappa shape index (κ2) is 13.4. The molecule has 1 aliphatic rings. The average molecular weight is 592 g/mol. The van der Waals surface area contributed by atoms with Gasteiger partial charge in [-0.1, -0.05) is 55.5 Å². The normalized spacial score (nSPS) is 17.6. The monoisotopic (exact) mass is 591 g/mol. The predicted octanol–water partition coefficient (Wildman–Crippen LogP) is 4.71. The minimum absolute atomic E-state index is 0.0329. The van der Waals surface area contributed by atoms with Crippen molar-refractivity contribution in [3.63, 3.8) is 0 Å². The number of ether oxygens (including phenoxy) is 1. The SMILES string of the molecule is CC(C(=O)OCn1ccc2c([N+](C)=CC3CN(C(=O)CC#N)CC[C@H]3C)ncnc21)c1cccc(C(=O)c2ccccc2)c1. The second-order valence-corrected chi connectivity index (χ2v) is 11.2. The van der Waals surface area contributed by atoms with Crippen LogP contribution in [0.2, 0.25) is 0 Å². The Balaban J connectivity index is 1.28. The van der Waals surface area contributed by atoms with Gasteiger partial charge in [0.05, 0.1) is 25.2 Å². The lowest BCUT2D eigenvalue weighted by Gasteiger charge is -2.34. The van der Waals surface area contributed by atoms with Gasteiger partial charge in [-0.2, -0.15) is 10.2 Å². The van der Waals surface area contributed by atoms with Crippen LogP contribution in [0.4, 0.5) is 5.82 Å². The van der Waals surface area contributed by atoms with E-state index in [0.717, 1.165) is 11.8 Å². The van der Waals surface area contributed by atoms with Gasteiger partial charge in [-0.15, -0.1) is 0 Å². The van der Waals surface area contributed by atoms with Crippen molar-refractivity contribution >= 4 is 40.7 Å². The summed E-state index contributed by atoms with van der Waals surface area (Å²) in [4.78, 5) is 49.0. The van der Waals surface area contributed by atoms with Crippen molar-refractivity contribution in [1.29, 1.82) is 5.26 Å². The summed E-state index contributed by atoms with van der Waals surface area (Å²) < 4.78 is 9.38. The Labute approximate surface area is 256 Å². The lowest BCUT2D eigenvalue weighted by atomic mass is 9.87. The summed E-state index contributed by atoms with van der Waals surface area (Å²) in [6.07, 6.45) is 6.11. The van der Waals surface area contributed by atoms with Crippen LogP contribution in [0.25, 0.3) is 11.0 Å². The van der Waals surface area contributed by atoms with E-state index in [1.165, 1.54) is 6.33 Å². The fourth-order valence-electron chi connectivity index (χ4n) is 5.53. The molecule has 44 heavy (non-hydrogen) atoms. The summed E-state index contributed by atoms with van der Waals surface area (Å²) in [5, 5.41) is 9.72. The molecular weight excluding hydrogens is 556 g/mol. The smallest absolute Gasteiger partial charge is 0.335 e. The molecule has 3 atom stereocenters. The van der Waals surface area contributed by atoms with Gasteiger partial charge in [0, 0.05) is 36.3 Å². The molecule has 1 saturated heterocycles. The maximum Gasteiger partial charge on any atom is 0.335 e. The summed E-state index contributed by atoms with van der Waals surface area (Å²) in [5.74, 6) is -0.0787. The van der Waals surface area contributed by atoms with E-state index in [1.807, 2.05) is 48.0 Å². The van der Waals surface area contributed by atoms with Crippen molar-refractivity contribution in [3.8, 4) is 6.07 Å². The Morgan fingerprint density at radius 2 is 1.89 bits per heavy atom. The molecule has 1 amide bonds. The van der Waals surface area contributed by atoms with Crippen LogP contribution >= 0.6 is 0 Å². The van der Waals surface area contributed by atoms with Gasteiger partial charge in [0.15, 0.2) is 18.2 Å². The molecule has 0 aliphatic carbocycles. The number of fused-ring (bicyclic) bond motifs is 1. The number of hydrogen-bond acceptors (Lipinski definition) is 7. The zero-order valence-electron chi connectivity index (χ0n) is 25.1. The zero-order valence-corrected chi connectivity index (χ0v) is 25.1. The van der Waals surface area contributed by atoms with Gasteiger partial charge in [0.25, 0.3) is 0 Å². The molecule has 2 unspecified atom stereocenters. The van der Waals surface area contributed by atoms with Gasteiger partial charge in [-0.25, -0.2) is 4.58 Å². The van der Waals surface area contributed by atoms with Crippen LogP contribution in [-0.2, 0) is 21.1 Å². The van der Waals surface area contributed by atoms with Gasteiger partial charge < -0.3 is 9.64 Å². The Hall–Kier alpha value is -5.17. The molecule has 5 rings (SSSR count). The third-order valence-corrected chi connectivity index (χ3v) is 8.27. The first-order valence-corrected chi connectivity index (χ1v) is 14.7. The summed E-state index contributed by atoms with van der Waals surface area (Å²) in [6.45, 7) is 5.10. The molecule has 10 nitrogen and oxygen atoms in total. The number of piperidine rings is 1. The second-order valence-electron chi connectivity index (χ2n) is 11.2. The molecule has 1 fully saturated rings. The van der Waals surface area contributed by atoms with Crippen LogP contribution < -0.4 is 0 Å². The average Bonchev–Trinajstić information content (AvgIpc) is 3.47. The fraction of sp³-hybridized carbons (Fsp3) is 0.324. The summed E-state index contributed by atoms with van der Waals surface area (Å²) in [7, 11) is 1.92. The summed E-state index contributed by atoms with van der Waals surface area (Å²) in [5.41, 5.74) is 2.42. The molecule has 4 aromatic rings. The van der Waals surface area contributed by atoms with E-state index in [1.54, 1.807) is 52.9 Å². The van der Waals surface area contributed by atoms with Crippen LogP contribution in [0.15, 0.2) is 73.2 Å². The van der Waals surface area contributed by atoms with Crippen LogP contribution in [0.3, 0.4) is 0 Å². The highest BCUT2D eigenvalue weighted by Crippen LogP contribution is 2.26. The van der Waals surface area contributed by atoms with Crippen LogP contribution in [0, 0.1) is 23.2 Å². The lowest BCUT2D eigenvalue weighted by molar-refractivity contribution is -0.405. The lowest BCUT2D eigenvalue weighted by Crippen LogP contribution is -2.44. The first-order valence-electron chi connectivity index (χ1n) is 14.7. The maximum atomic E-state index is 13.1. The van der Waals surface area contributed by atoms with Gasteiger partial charge in [0.1, 0.15) is 11.8 Å². The standard InChI is InChI=1S/C34H35N6O4/c1-23-13-16-39(30(41)12-15-35)20-28(23)19-38(3)32-29-14-17-40(33(29)37-21-36-32)22-44-34(43)24(2)26-10-7-11-27(18-26)31(42)25-8-5-4-6-9-25/h4-11,14,17-19,21,23-24,28H,12-13,16,20,22H2,1-3H3/q+1/t23-,24?,28?/m1/s1. The molecule has 224 valence electrons. The molecule has 2 aromatic heterocycles. The molecule has 0 spiro atoms. The van der Waals surface area contributed by atoms with Crippen molar-refractivity contribution in [1.82, 2.24) is 19.4 Å². The van der Waals surface area contributed by atoms with Gasteiger partial charge in [-0.3, -0.25) is 19.0 Å². The van der Waals surface area contributed by atoms with E-state index < -0.39 is 11.9 Å². The number of esters is 1. The quantitative estimate of drug-likeness (QED) is 0.120. The van der Waals surface area contributed by atoms with E-state index in [0.29, 0.717) is 47.2 Å². The number of likely N-dealkylation sites (tertiary alicyclic amines) is 1. The topological polar surface area (TPSA) is 121 Å². The molecule has 0 radical (unpaired) electrons. The van der Waals surface area contributed by atoms with Crippen molar-refractivity contribution in [2.24, 2.45) is 11.8 Å². The molecule has 0 saturated carbocycles. The molecule has 0 bridgehead atoms. The molecule has 1 aliphatic heterocycles. The van der Waals surface area contributed by atoms with E-state index >= 15 is 0 Å². The number of benzene rings is 2. The van der Waals surface area contributed by atoms with Gasteiger partial charge >= 0.3 is 11.8 Å². The Bertz CT molecular complexity index is 1760. The largest absolute Gasteiger partial charge is 0.443 e. The number of hydrogen-bond donors (Lipinski definition) is 0. The van der Waals surface area contributed by atoms with Crippen LogP contribution in [0.1, 0.15) is 54.1 Å². The van der Waals surface area contributed by atoms with Crippen molar-refractivity contribution < 1.29 is 23.7 Å². The predicted molar refractivity (Wildman–Crippen MR) is 164 cm³/mol. The number of carbonyl (C=O) groups is 3. The Morgan fingerprint density at radius 1 is 1.11 bits per heavy atom. The molecule has 2 aromatic carbocycles. The first kappa shape index (κ1) is 30.3. The van der Waals surface area contributed by atoms with E-state index in [-0.39, 0.29) is 30.8 Å². The van der Waals surface area contributed by atoms with Gasteiger partial charge in [-0.05, 0) is 41.9 Å². The minimum atomic E-state index is -0.580. The third-order valence-electron chi connectivity index (χ3n) is 8.27. The highest BCUT2D eigenvalue weighted by Gasteiger charge is 2.30.